The van der Waals surface area contributed by atoms with Crippen molar-refractivity contribution in [2.24, 2.45) is 0 Å². The van der Waals surface area contributed by atoms with Crippen LogP contribution in [0.5, 0.6) is 0 Å². The molecule has 2 aromatic rings. The van der Waals surface area contributed by atoms with Crippen LogP contribution in [0.15, 0.2) is 52.3 Å². The molecule has 0 aliphatic rings. The maximum Gasteiger partial charge on any atom is 0.123 e. The molecule has 106 valence electrons. The number of nitrogens with one attached hydrogen (secondary N) is 1. The summed E-state index contributed by atoms with van der Waals surface area (Å²) in [7, 11) is 0. The molecule has 0 unspecified atom stereocenters. The Morgan fingerprint density at radius 2 is 1.85 bits per heavy atom. The monoisotopic (exact) mass is 309 g/mol. The molecular weight excluding hydrogens is 293 g/mol. The third-order valence-corrected chi connectivity index (χ3v) is 4.40. The van der Waals surface area contributed by atoms with E-state index >= 15 is 0 Å². The van der Waals surface area contributed by atoms with Gasteiger partial charge < -0.3 is 5.32 Å². The van der Waals surface area contributed by atoms with Gasteiger partial charge in [0.15, 0.2) is 0 Å². The summed E-state index contributed by atoms with van der Waals surface area (Å²) < 4.78 is 12.9. The van der Waals surface area contributed by atoms with E-state index in [9.17, 15) is 4.39 Å². The lowest BCUT2D eigenvalue weighted by molar-refractivity contribution is 0.585. The maximum absolute atomic E-state index is 12.9. The lowest BCUT2D eigenvalue weighted by Crippen LogP contribution is -2.22. The van der Waals surface area contributed by atoms with E-state index in [1.807, 2.05) is 12.1 Å². The molecule has 1 N–H and O–H groups in total. The number of halogens is 2. The van der Waals surface area contributed by atoms with Gasteiger partial charge in [-0.2, -0.15) is 0 Å². The minimum atomic E-state index is -0.227. The highest BCUT2D eigenvalue weighted by Gasteiger charge is 2.09. The average molecular weight is 310 g/mol. The predicted molar refractivity (Wildman–Crippen MR) is 84.0 cm³/mol. The van der Waals surface area contributed by atoms with Crippen LogP contribution in [0.1, 0.15) is 19.4 Å². The van der Waals surface area contributed by atoms with Crippen LogP contribution in [-0.4, -0.2) is 6.04 Å². The first-order valence-corrected chi connectivity index (χ1v) is 7.70. The Hall–Kier alpha value is -1.03. The standard InChI is InChI=1S/C16H17ClFNS/c1-11(2)19-10-12-4-3-5-15(17)16(12)20-14-8-6-13(18)7-9-14/h3-9,11,19H,10H2,1-2H3. The lowest BCUT2D eigenvalue weighted by Gasteiger charge is -2.13. The molecule has 0 bridgehead atoms. The summed E-state index contributed by atoms with van der Waals surface area (Å²) in [5.41, 5.74) is 1.15. The minimum Gasteiger partial charge on any atom is -0.310 e. The predicted octanol–water partition coefficient (Wildman–Crippen LogP) is 5.13. The summed E-state index contributed by atoms with van der Waals surface area (Å²) in [4.78, 5) is 2.00. The van der Waals surface area contributed by atoms with Crippen LogP contribution in [0.4, 0.5) is 4.39 Å². The molecule has 0 saturated carbocycles. The zero-order valence-corrected chi connectivity index (χ0v) is 13.1. The van der Waals surface area contributed by atoms with Crippen molar-refractivity contribution in [3.05, 3.63) is 58.9 Å². The summed E-state index contributed by atoms with van der Waals surface area (Å²) in [6, 6.07) is 12.8. The third-order valence-electron chi connectivity index (χ3n) is 2.78. The van der Waals surface area contributed by atoms with Crippen LogP contribution >= 0.6 is 23.4 Å². The first-order chi connectivity index (χ1) is 9.56. The van der Waals surface area contributed by atoms with Crippen LogP contribution in [-0.2, 0) is 6.54 Å². The van der Waals surface area contributed by atoms with E-state index in [0.29, 0.717) is 6.04 Å². The SMILES string of the molecule is CC(C)NCc1cccc(Cl)c1Sc1ccc(F)cc1. The van der Waals surface area contributed by atoms with Gasteiger partial charge in [0, 0.05) is 22.4 Å². The average Bonchev–Trinajstić information content (AvgIpc) is 2.41. The summed E-state index contributed by atoms with van der Waals surface area (Å²) in [5, 5.41) is 4.12. The molecule has 0 spiro atoms. The molecule has 0 heterocycles. The Labute approximate surface area is 128 Å². The van der Waals surface area contributed by atoms with Crippen LogP contribution < -0.4 is 5.32 Å². The van der Waals surface area contributed by atoms with Gasteiger partial charge in [-0.25, -0.2) is 4.39 Å². The second kappa shape index (κ2) is 7.11. The summed E-state index contributed by atoms with van der Waals surface area (Å²) in [6.07, 6.45) is 0. The lowest BCUT2D eigenvalue weighted by atomic mass is 10.2. The minimum absolute atomic E-state index is 0.227. The van der Waals surface area contributed by atoms with Gasteiger partial charge in [-0.05, 0) is 35.9 Å². The smallest absolute Gasteiger partial charge is 0.123 e. The first-order valence-electron chi connectivity index (χ1n) is 6.50. The Balaban J connectivity index is 2.23. The van der Waals surface area contributed by atoms with E-state index in [1.165, 1.54) is 12.1 Å². The molecule has 0 aliphatic carbocycles. The zero-order chi connectivity index (χ0) is 14.5. The molecule has 2 rings (SSSR count). The largest absolute Gasteiger partial charge is 0.310 e. The quantitative estimate of drug-likeness (QED) is 0.822. The fourth-order valence-electron chi connectivity index (χ4n) is 1.74. The Bertz CT molecular complexity index is 569. The van der Waals surface area contributed by atoms with Gasteiger partial charge in [0.25, 0.3) is 0 Å². The van der Waals surface area contributed by atoms with Gasteiger partial charge in [0.05, 0.1) is 5.02 Å². The second-order valence-electron chi connectivity index (χ2n) is 4.82. The fraction of sp³-hybridized carbons (Fsp3) is 0.250. The van der Waals surface area contributed by atoms with Crippen molar-refractivity contribution in [2.45, 2.75) is 36.2 Å². The van der Waals surface area contributed by atoms with Gasteiger partial charge in [0.1, 0.15) is 5.82 Å². The molecule has 0 aliphatic heterocycles. The van der Waals surface area contributed by atoms with Crippen LogP contribution in [0.2, 0.25) is 5.02 Å². The molecule has 2 aromatic carbocycles. The third kappa shape index (κ3) is 4.23. The molecule has 4 heteroatoms. The van der Waals surface area contributed by atoms with Crippen LogP contribution in [0.25, 0.3) is 0 Å². The van der Waals surface area contributed by atoms with Gasteiger partial charge in [-0.3, -0.25) is 0 Å². The van der Waals surface area contributed by atoms with Crippen molar-refractivity contribution >= 4 is 23.4 Å². The van der Waals surface area contributed by atoms with E-state index in [0.717, 1.165) is 26.9 Å². The van der Waals surface area contributed by atoms with Gasteiger partial charge >= 0.3 is 0 Å². The molecule has 0 radical (unpaired) electrons. The molecule has 20 heavy (non-hydrogen) atoms. The van der Waals surface area contributed by atoms with E-state index in [2.05, 4.69) is 25.2 Å². The van der Waals surface area contributed by atoms with E-state index < -0.39 is 0 Å². The van der Waals surface area contributed by atoms with Gasteiger partial charge in [-0.1, -0.05) is 49.3 Å². The van der Waals surface area contributed by atoms with E-state index in [-0.39, 0.29) is 5.82 Å². The highest BCUT2D eigenvalue weighted by molar-refractivity contribution is 7.99. The second-order valence-corrected chi connectivity index (χ2v) is 6.31. The zero-order valence-electron chi connectivity index (χ0n) is 11.5. The van der Waals surface area contributed by atoms with Crippen molar-refractivity contribution in [3.63, 3.8) is 0 Å². The highest BCUT2D eigenvalue weighted by atomic mass is 35.5. The topological polar surface area (TPSA) is 12.0 Å². The normalized spacial score (nSPS) is 11.1. The van der Waals surface area contributed by atoms with Crippen molar-refractivity contribution in [3.8, 4) is 0 Å². The molecule has 0 aromatic heterocycles. The van der Waals surface area contributed by atoms with Gasteiger partial charge in [-0.15, -0.1) is 0 Å². The first kappa shape index (κ1) is 15.4. The van der Waals surface area contributed by atoms with E-state index in [4.69, 9.17) is 11.6 Å². The van der Waals surface area contributed by atoms with Crippen LogP contribution in [0.3, 0.4) is 0 Å². The molecule has 0 saturated heterocycles. The highest BCUT2D eigenvalue weighted by Crippen LogP contribution is 2.36. The van der Waals surface area contributed by atoms with E-state index in [1.54, 1.807) is 23.9 Å². The van der Waals surface area contributed by atoms with Gasteiger partial charge in [0.2, 0.25) is 0 Å². The van der Waals surface area contributed by atoms with Crippen molar-refractivity contribution in [1.82, 2.24) is 5.32 Å². The molecule has 0 fully saturated rings. The van der Waals surface area contributed by atoms with Crippen molar-refractivity contribution < 1.29 is 4.39 Å². The summed E-state index contributed by atoms with van der Waals surface area (Å²) in [6.45, 7) is 4.98. The Kier molecular flexibility index (Phi) is 5.46. The van der Waals surface area contributed by atoms with Crippen molar-refractivity contribution in [1.29, 1.82) is 0 Å². The fourth-order valence-corrected chi connectivity index (χ4v) is 3.00. The van der Waals surface area contributed by atoms with Crippen LogP contribution in [0, 0.1) is 5.82 Å². The van der Waals surface area contributed by atoms with Crippen molar-refractivity contribution in [2.75, 3.05) is 0 Å². The maximum atomic E-state index is 12.9. The molecule has 0 atom stereocenters. The number of benzene rings is 2. The Morgan fingerprint density at radius 1 is 1.15 bits per heavy atom. The molecule has 0 amide bonds. The Morgan fingerprint density at radius 3 is 2.50 bits per heavy atom. The number of hydrogen-bond acceptors (Lipinski definition) is 2. The molecular formula is C16H17ClFNS. The summed E-state index contributed by atoms with van der Waals surface area (Å²) >= 11 is 7.87. The number of hydrogen-bond donors (Lipinski definition) is 1. The molecule has 1 nitrogen and oxygen atoms in total. The number of rotatable bonds is 5. The summed E-state index contributed by atoms with van der Waals surface area (Å²) in [5.74, 6) is -0.227.